The van der Waals surface area contributed by atoms with Crippen molar-refractivity contribution in [2.45, 2.75) is 12.6 Å². The van der Waals surface area contributed by atoms with E-state index in [2.05, 4.69) is 5.32 Å². The van der Waals surface area contributed by atoms with E-state index >= 15 is 0 Å². The van der Waals surface area contributed by atoms with Crippen LogP contribution in [0, 0.1) is 0 Å². The van der Waals surface area contributed by atoms with Gasteiger partial charge in [-0.3, -0.25) is 4.79 Å². The highest BCUT2D eigenvalue weighted by Crippen LogP contribution is 2.35. The maximum Gasteiger partial charge on any atom is 0.419 e. The number of halogens is 3. The normalized spacial score (nSPS) is 11.2. The molecule has 0 atom stereocenters. The highest BCUT2D eigenvalue weighted by atomic mass is 19.4. The molecule has 0 saturated carbocycles. The molecule has 19 heavy (non-hydrogen) atoms. The van der Waals surface area contributed by atoms with Crippen molar-refractivity contribution in [1.82, 2.24) is 5.32 Å². The van der Waals surface area contributed by atoms with E-state index in [1.807, 2.05) is 0 Å². The molecule has 4 nitrogen and oxygen atoms in total. The Morgan fingerprint density at radius 3 is 2.63 bits per heavy atom. The zero-order valence-electron chi connectivity index (χ0n) is 10.0. The second-order valence-electron chi connectivity index (χ2n) is 3.71. The van der Waals surface area contributed by atoms with Gasteiger partial charge in [-0.15, -0.1) is 0 Å². The SMILES string of the molecule is O=C(COc1ccccc1C(F)(F)F)NCCCO. The smallest absolute Gasteiger partial charge is 0.419 e. The molecule has 0 aliphatic rings. The molecule has 0 aromatic heterocycles. The monoisotopic (exact) mass is 277 g/mol. The maximum absolute atomic E-state index is 12.6. The maximum atomic E-state index is 12.6. The first-order valence-electron chi connectivity index (χ1n) is 5.61. The van der Waals surface area contributed by atoms with Gasteiger partial charge in [0.25, 0.3) is 5.91 Å². The highest BCUT2D eigenvalue weighted by Gasteiger charge is 2.34. The lowest BCUT2D eigenvalue weighted by molar-refractivity contribution is -0.139. The molecule has 1 amide bonds. The number of nitrogens with one attached hydrogen (secondary N) is 1. The van der Waals surface area contributed by atoms with Crippen LogP contribution in [0.2, 0.25) is 0 Å². The zero-order chi connectivity index (χ0) is 14.3. The van der Waals surface area contributed by atoms with E-state index in [4.69, 9.17) is 9.84 Å². The van der Waals surface area contributed by atoms with Crippen LogP contribution in [0.4, 0.5) is 13.2 Å². The largest absolute Gasteiger partial charge is 0.483 e. The van der Waals surface area contributed by atoms with E-state index in [-0.39, 0.29) is 18.9 Å². The summed E-state index contributed by atoms with van der Waals surface area (Å²) in [7, 11) is 0. The molecule has 2 N–H and O–H groups in total. The van der Waals surface area contributed by atoms with Gasteiger partial charge in [0, 0.05) is 13.2 Å². The van der Waals surface area contributed by atoms with Gasteiger partial charge in [0.1, 0.15) is 5.75 Å². The fourth-order valence-electron chi connectivity index (χ4n) is 1.33. The molecule has 0 unspecified atom stereocenters. The van der Waals surface area contributed by atoms with Gasteiger partial charge in [-0.1, -0.05) is 12.1 Å². The summed E-state index contributed by atoms with van der Waals surface area (Å²) in [4.78, 5) is 11.3. The van der Waals surface area contributed by atoms with Gasteiger partial charge < -0.3 is 15.2 Å². The minimum absolute atomic E-state index is 0.0714. The number of carbonyl (C=O) groups is 1. The van der Waals surface area contributed by atoms with E-state index in [1.54, 1.807) is 0 Å². The van der Waals surface area contributed by atoms with Gasteiger partial charge in [0.15, 0.2) is 6.61 Å². The number of para-hydroxylation sites is 1. The van der Waals surface area contributed by atoms with Gasteiger partial charge >= 0.3 is 6.18 Å². The van der Waals surface area contributed by atoms with Crippen molar-refractivity contribution in [3.8, 4) is 5.75 Å². The Morgan fingerprint density at radius 1 is 1.32 bits per heavy atom. The number of alkyl halides is 3. The summed E-state index contributed by atoms with van der Waals surface area (Å²) in [6, 6.07) is 4.69. The van der Waals surface area contributed by atoms with Gasteiger partial charge in [-0.25, -0.2) is 0 Å². The van der Waals surface area contributed by atoms with Gasteiger partial charge in [0.2, 0.25) is 0 Å². The molecular weight excluding hydrogens is 263 g/mol. The van der Waals surface area contributed by atoms with E-state index in [0.717, 1.165) is 12.1 Å². The van der Waals surface area contributed by atoms with Crippen molar-refractivity contribution in [2.24, 2.45) is 0 Å². The van der Waals surface area contributed by atoms with Crippen molar-refractivity contribution in [2.75, 3.05) is 19.8 Å². The van der Waals surface area contributed by atoms with E-state index in [9.17, 15) is 18.0 Å². The number of benzene rings is 1. The average molecular weight is 277 g/mol. The molecular formula is C12H14F3NO3. The third-order valence-corrected chi connectivity index (χ3v) is 2.21. The summed E-state index contributed by atoms with van der Waals surface area (Å²) >= 11 is 0. The summed E-state index contributed by atoms with van der Waals surface area (Å²) in [6.07, 6.45) is -4.14. The van der Waals surface area contributed by atoms with Crippen molar-refractivity contribution in [3.05, 3.63) is 29.8 Å². The first-order chi connectivity index (χ1) is 8.95. The highest BCUT2D eigenvalue weighted by molar-refractivity contribution is 5.77. The van der Waals surface area contributed by atoms with Crippen LogP contribution in [0.1, 0.15) is 12.0 Å². The number of aliphatic hydroxyl groups is 1. The topological polar surface area (TPSA) is 58.6 Å². The quantitative estimate of drug-likeness (QED) is 0.776. The Kier molecular flexibility index (Phi) is 5.62. The molecule has 0 aliphatic heterocycles. The lowest BCUT2D eigenvalue weighted by atomic mass is 10.2. The molecule has 0 heterocycles. The van der Waals surface area contributed by atoms with Crippen LogP contribution in [-0.4, -0.2) is 30.8 Å². The predicted octanol–water partition coefficient (Wildman–Crippen LogP) is 1.58. The Morgan fingerprint density at radius 2 is 2.00 bits per heavy atom. The molecule has 106 valence electrons. The third kappa shape index (κ3) is 5.17. The number of hydrogen-bond acceptors (Lipinski definition) is 3. The number of rotatable bonds is 6. The first kappa shape index (κ1) is 15.3. The Labute approximate surface area is 108 Å². The Bertz CT molecular complexity index is 421. The van der Waals surface area contributed by atoms with E-state index in [0.29, 0.717) is 6.42 Å². The van der Waals surface area contributed by atoms with E-state index in [1.165, 1.54) is 12.1 Å². The fraction of sp³-hybridized carbons (Fsp3) is 0.417. The van der Waals surface area contributed by atoms with Crippen LogP contribution in [0.25, 0.3) is 0 Å². The Hall–Kier alpha value is -1.76. The molecule has 0 aliphatic carbocycles. The van der Waals surface area contributed by atoms with Crippen molar-refractivity contribution >= 4 is 5.91 Å². The molecule has 7 heteroatoms. The number of carbonyl (C=O) groups excluding carboxylic acids is 1. The minimum Gasteiger partial charge on any atom is -0.483 e. The lowest BCUT2D eigenvalue weighted by Crippen LogP contribution is -2.30. The van der Waals surface area contributed by atoms with Crippen molar-refractivity contribution in [3.63, 3.8) is 0 Å². The minimum atomic E-state index is -4.52. The number of hydrogen-bond donors (Lipinski definition) is 2. The molecule has 0 spiro atoms. The number of aliphatic hydroxyl groups excluding tert-OH is 1. The van der Waals surface area contributed by atoms with E-state index < -0.39 is 24.3 Å². The van der Waals surface area contributed by atoms with Gasteiger partial charge in [-0.05, 0) is 18.6 Å². The van der Waals surface area contributed by atoms with Gasteiger partial charge in [-0.2, -0.15) is 13.2 Å². The summed E-state index contributed by atoms with van der Waals surface area (Å²) in [5.41, 5.74) is -0.918. The fourth-order valence-corrected chi connectivity index (χ4v) is 1.33. The summed E-state index contributed by atoms with van der Waals surface area (Å²) in [5.74, 6) is -0.919. The molecule has 0 radical (unpaired) electrons. The molecule has 1 rings (SSSR count). The van der Waals surface area contributed by atoms with Crippen LogP contribution in [-0.2, 0) is 11.0 Å². The first-order valence-corrected chi connectivity index (χ1v) is 5.61. The lowest BCUT2D eigenvalue weighted by Gasteiger charge is -2.13. The molecule has 0 saturated heterocycles. The number of ether oxygens (including phenoxy) is 1. The predicted molar refractivity (Wildman–Crippen MR) is 61.7 cm³/mol. The molecule has 0 bridgehead atoms. The van der Waals surface area contributed by atoms with Crippen LogP contribution in [0.15, 0.2) is 24.3 Å². The molecule has 1 aromatic rings. The summed E-state index contributed by atoms with van der Waals surface area (Å²) in [6.45, 7) is -0.323. The third-order valence-electron chi connectivity index (χ3n) is 2.21. The number of amides is 1. The molecule has 0 fully saturated rings. The van der Waals surface area contributed by atoms with Crippen molar-refractivity contribution in [1.29, 1.82) is 0 Å². The zero-order valence-corrected chi connectivity index (χ0v) is 10.0. The van der Waals surface area contributed by atoms with Crippen LogP contribution < -0.4 is 10.1 Å². The standard InChI is InChI=1S/C12H14F3NO3/c13-12(14,15)9-4-1-2-5-10(9)19-8-11(18)16-6-3-7-17/h1-2,4-5,17H,3,6-8H2,(H,16,18). The second kappa shape index (κ2) is 6.98. The summed E-state index contributed by atoms with van der Waals surface area (Å²) in [5, 5.41) is 10.9. The van der Waals surface area contributed by atoms with Crippen LogP contribution >= 0.6 is 0 Å². The Balaban J connectivity index is 2.56. The second-order valence-corrected chi connectivity index (χ2v) is 3.71. The summed E-state index contributed by atoms with van der Waals surface area (Å²) < 4.78 is 42.7. The molecule has 1 aromatic carbocycles. The van der Waals surface area contributed by atoms with Crippen molar-refractivity contribution < 1.29 is 27.8 Å². The average Bonchev–Trinajstić information content (AvgIpc) is 2.36. The van der Waals surface area contributed by atoms with Crippen LogP contribution in [0.3, 0.4) is 0 Å². The van der Waals surface area contributed by atoms with Crippen LogP contribution in [0.5, 0.6) is 5.75 Å². The van der Waals surface area contributed by atoms with Gasteiger partial charge in [0.05, 0.1) is 5.56 Å².